The monoisotopic (exact) mass is 199 g/mol. The van der Waals surface area contributed by atoms with Crippen LogP contribution in [0.1, 0.15) is 26.3 Å². The zero-order valence-electron chi connectivity index (χ0n) is 9.81. The van der Waals surface area contributed by atoms with Gasteiger partial charge in [-0.2, -0.15) is 0 Å². The van der Waals surface area contributed by atoms with Crippen LogP contribution in [-0.4, -0.2) is 4.98 Å². The standard InChI is InChI=1S/C14H17N/c1-5-11-12-8-6-7-10(4)14(12)15-13(11)9(2)3/h5-8,15H,1-4H3. The topological polar surface area (TPSA) is 15.8 Å². The van der Waals surface area contributed by atoms with Gasteiger partial charge in [0.25, 0.3) is 0 Å². The highest BCUT2D eigenvalue weighted by atomic mass is 14.7. The molecule has 0 fully saturated rings. The molecule has 0 radical (unpaired) electrons. The molecular weight excluding hydrogens is 182 g/mol. The Hall–Kier alpha value is -1.50. The Morgan fingerprint density at radius 2 is 2.00 bits per heavy atom. The Labute approximate surface area is 90.1 Å². The van der Waals surface area contributed by atoms with Gasteiger partial charge in [-0.25, -0.2) is 0 Å². The molecule has 0 spiro atoms. The van der Waals surface area contributed by atoms with E-state index in [1.54, 1.807) is 0 Å². The molecule has 1 aromatic heterocycles. The summed E-state index contributed by atoms with van der Waals surface area (Å²) in [5.41, 5.74) is 3.91. The summed E-state index contributed by atoms with van der Waals surface area (Å²) in [6.07, 6.45) is 2.18. The molecule has 1 heterocycles. The minimum atomic E-state index is 1.27. The summed E-state index contributed by atoms with van der Waals surface area (Å²) in [6, 6.07) is 6.45. The van der Waals surface area contributed by atoms with Gasteiger partial charge in [-0.3, -0.25) is 0 Å². The number of hydrogen-bond acceptors (Lipinski definition) is 0. The molecule has 78 valence electrons. The van der Waals surface area contributed by atoms with E-state index in [1.807, 2.05) is 0 Å². The van der Waals surface area contributed by atoms with E-state index in [9.17, 15) is 0 Å². The first-order valence-corrected chi connectivity index (χ1v) is 5.36. The van der Waals surface area contributed by atoms with Crippen molar-refractivity contribution < 1.29 is 0 Å². The molecule has 15 heavy (non-hydrogen) atoms. The maximum atomic E-state index is 3.51. The second kappa shape index (κ2) is 3.58. The van der Waals surface area contributed by atoms with Crippen LogP contribution in [0, 0.1) is 6.92 Å². The highest BCUT2D eigenvalue weighted by Crippen LogP contribution is 2.10. The Morgan fingerprint density at radius 3 is 2.60 bits per heavy atom. The van der Waals surface area contributed by atoms with Crippen molar-refractivity contribution in [1.29, 1.82) is 0 Å². The van der Waals surface area contributed by atoms with Crippen molar-refractivity contribution >= 4 is 22.6 Å². The Kier molecular flexibility index (Phi) is 2.39. The minimum absolute atomic E-state index is 1.27. The number of benzene rings is 1. The third-order valence-corrected chi connectivity index (χ3v) is 2.87. The fourth-order valence-corrected chi connectivity index (χ4v) is 2.08. The molecule has 0 saturated carbocycles. The van der Waals surface area contributed by atoms with Crippen molar-refractivity contribution in [2.45, 2.75) is 27.7 Å². The third kappa shape index (κ3) is 1.48. The van der Waals surface area contributed by atoms with Crippen molar-refractivity contribution in [2.24, 2.45) is 0 Å². The van der Waals surface area contributed by atoms with Crippen LogP contribution in [-0.2, 0) is 0 Å². The van der Waals surface area contributed by atoms with Gasteiger partial charge in [0.1, 0.15) is 0 Å². The van der Waals surface area contributed by atoms with Crippen molar-refractivity contribution in [1.82, 2.24) is 4.98 Å². The lowest BCUT2D eigenvalue weighted by atomic mass is 10.1. The van der Waals surface area contributed by atoms with E-state index in [2.05, 4.69) is 57.0 Å². The van der Waals surface area contributed by atoms with Crippen molar-refractivity contribution in [3.63, 3.8) is 0 Å². The fraction of sp³-hybridized carbons (Fsp3) is 0.286. The number of rotatable bonds is 0. The van der Waals surface area contributed by atoms with Gasteiger partial charge in [-0.1, -0.05) is 29.8 Å². The summed E-state index contributed by atoms with van der Waals surface area (Å²) < 4.78 is 0. The minimum Gasteiger partial charge on any atom is -0.354 e. The van der Waals surface area contributed by atoms with E-state index in [-0.39, 0.29) is 0 Å². The predicted molar refractivity (Wildman–Crippen MR) is 67.2 cm³/mol. The lowest BCUT2D eigenvalue weighted by molar-refractivity contribution is 1.29. The van der Waals surface area contributed by atoms with E-state index in [0.717, 1.165) is 0 Å². The lowest BCUT2D eigenvalue weighted by Gasteiger charge is -1.93. The van der Waals surface area contributed by atoms with Crippen LogP contribution in [0.4, 0.5) is 0 Å². The SMILES string of the molecule is CC=c1c(=C(C)C)[nH]c2c(C)cccc12. The van der Waals surface area contributed by atoms with Crippen LogP contribution in [0.2, 0.25) is 0 Å². The smallest absolute Gasteiger partial charge is 0.0494 e. The Bertz CT molecular complexity index is 611. The molecule has 0 aliphatic heterocycles. The van der Waals surface area contributed by atoms with Crippen LogP contribution in [0.3, 0.4) is 0 Å². The molecule has 1 aromatic carbocycles. The van der Waals surface area contributed by atoms with E-state index in [4.69, 9.17) is 0 Å². The van der Waals surface area contributed by atoms with Crippen LogP contribution >= 0.6 is 0 Å². The number of aryl methyl sites for hydroxylation is 1. The van der Waals surface area contributed by atoms with Gasteiger partial charge < -0.3 is 4.98 Å². The van der Waals surface area contributed by atoms with Crippen molar-refractivity contribution in [3.8, 4) is 0 Å². The van der Waals surface area contributed by atoms with Crippen LogP contribution in [0.15, 0.2) is 18.2 Å². The first-order chi connectivity index (χ1) is 7.15. The van der Waals surface area contributed by atoms with Gasteiger partial charge >= 0.3 is 0 Å². The highest BCUT2D eigenvalue weighted by Gasteiger charge is 2.02. The second-order valence-electron chi connectivity index (χ2n) is 4.20. The lowest BCUT2D eigenvalue weighted by Crippen LogP contribution is -2.23. The molecule has 2 rings (SSSR count). The number of fused-ring (bicyclic) bond motifs is 1. The number of para-hydroxylation sites is 1. The largest absolute Gasteiger partial charge is 0.354 e. The first kappa shape index (κ1) is 10.0. The molecule has 0 atom stereocenters. The molecule has 1 nitrogen and oxygen atoms in total. The summed E-state index contributed by atoms with van der Waals surface area (Å²) in [7, 11) is 0. The van der Waals surface area contributed by atoms with Crippen LogP contribution in [0.25, 0.3) is 22.6 Å². The van der Waals surface area contributed by atoms with Crippen LogP contribution in [0.5, 0.6) is 0 Å². The van der Waals surface area contributed by atoms with Gasteiger partial charge in [-0.05, 0) is 33.3 Å². The number of aromatic nitrogens is 1. The van der Waals surface area contributed by atoms with Crippen LogP contribution < -0.4 is 10.6 Å². The summed E-state index contributed by atoms with van der Waals surface area (Å²) in [5.74, 6) is 0. The molecule has 2 aromatic rings. The maximum absolute atomic E-state index is 3.51. The second-order valence-corrected chi connectivity index (χ2v) is 4.20. The molecule has 0 bridgehead atoms. The Morgan fingerprint density at radius 1 is 1.27 bits per heavy atom. The molecule has 1 N–H and O–H groups in total. The number of hydrogen-bond donors (Lipinski definition) is 1. The zero-order valence-corrected chi connectivity index (χ0v) is 9.81. The fourth-order valence-electron chi connectivity index (χ4n) is 2.08. The molecule has 0 saturated heterocycles. The van der Waals surface area contributed by atoms with E-state index in [0.29, 0.717) is 0 Å². The predicted octanol–water partition coefficient (Wildman–Crippen LogP) is 2.47. The van der Waals surface area contributed by atoms with E-state index >= 15 is 0 Å². The van der Waals surface area contributed by atoms with E-state index in [1.165, 1.54) is 32.6 Å². The number of aromatic amines is 1. The zero-order chi connectivity index (χ0) is 11.0. The molecule has 0 aliphatic carbocycles. The number of H-pyrrole nitrogens is 1. The summed E-state index contributed by atoms with van der Waals surface area (Å²) in [5, 5.41) is 3.92. The summed E-state index contributed by atoms with van der Waals surface area (Å²) >= 11 is 0. The highest BCUT2D eigenvalue weighted by molar-refractivity contribution is 5.84. The molecular formula is C14H17N. The average Bonchev–Trinajstić information content (AvgIpc) is 2.57. The first-order valence-electron chi connectivity index (χ1n) is 5.36. The van der Waals surface area contributed by atoms with Gasteiger partial charge in [0.05, 0.1) is 0 Å². The van der Waals surface area contributed by atoms with Gasteiger partial charge in [0.2, 0.25) is 0 Å². The third-order valence-electron chi connectivity index (χ3n) is 2.87. The quantitative estimate of drug-likeness (QED) is 0.671. The van der Waals surface area contributed by atoms with Gasteiger partial charge in [0, 0.05) is 21.5 Å². The normalized spacial score (nSPS) is 12.4. The van der Waals surface area contributed by atoms with E-state index < -0.39 is 0 Å². The molecule has 0 unspecified atom stereocenters. The summed E-state index contributed by atoms with van der Waals surface area (Å²) in [6.45, 7) is 8.53. The maximum Gasteiger partial charge on any atom is 0.0494 e. The van der Waals surface area contributed by atoms with Gasteiger partial charge in [0.15, 0.2) is 0 Å². The van der Waals surface area contributed by atoms with Gasteiger partial charge in [-0.15, -0.1) is 0 Å². The molecule has 0 amide bonds. The molecule has 0 aliphatic rings. The van der Waals surface area contributed by atoms with Crippen molar-refractivity contribution in [3.05, 3.63) is 34.3 Å². The average molecular weight is 199 g/mol. The summed E-state index contributed by atoms with van der Waals surface area (Å²) in [4.78, 5) is 3.51. The number of nitrogens with one attached hydrogen (secondary N) is 1. The Balaban J connectivity index is 3.14. The van der Waals surface area contributed by atoms with Crippen molar-refractivity contribution in [2.75, 3.05) is 0 Å². The molecule has 1 heteroatoms.